The summed E-state index contributed by atoms with van der Waals surface area (Å²) in [5.41, 5.74) is 2.98. The standard InChI is InChI=1S/C15H18N4O4/c20-14(11-18-9-3-1-2-4-15(18)21)17-16-10-12-5-7-13(8-6-12)19(22)23/h5-8,10H,1-4,9,11H2,(H,17,20)/b16-10-. The Bertz CT molecular complexity index is 612. The molecule has 8 heteroatoms. The second kappa shape index (κ2) is 8.02. The Labute approximate surface area is 133 Å². The molecule has 0 bridgehead atoms. The number of hydrazone groups is 1. The molecule has 0 atom stereocenters. The van der Waals surface area contributed by atoms with Crippen molar-refractivity contribution in [3.8, 4) is 0 Å². The van der Waals surface area contributed by atoms with Crippen LogP contribution in [0.5, 0.6) is 0 Å². The van der Waals surface area contributed by atoms with Gasteiger partial charge in [0, 0.05) is 25.1 Å². The van der Waals surface area contributed by atoms with E-state index in [1.165, 1.54) is 30.5 Å². The van der Waals surface area contributed by atoms with E-state index in [9.17, 15) is 19.7 Å². The number of amides is 2. The lowest BCUT2D eigenvalue weighted by Gasteiger charge is -2.18. The molecule has 0 aromatic heterocycles. The molecule has 122 valence electrons. The molecule has 1 heterocycles. The summed E-state index contributed by atoms with van der Waals surface area (Å²) in [6.07, 6.45) is 4.66. The fraction of sp³-hybridized carbons (Fsp3) is 0.400. The Hall–Kier alpha value is -2.77. The SMILES string of the molecule is O=C(CN1CCCCCC1=O)N/N=C\c1ccc([N+](=O)[O-])cc1. The van der Waals surface area contributed by atoms with Crippen LogP contribution in [0, 0.1) is 10.1 Å². The van der Waals surface area contributed by atoms with Crippen molar-refractivity contribution in [2.24, 2.45) is 5.10 Å². The molecule has 23 heavy (non-hydrogen) atoms. The molecule has 0 radical (unpaired) electrons. The molecule has 1 saturated heterocycles. The van der Waals surface area contributed by atoms with Gasteiger partial charge in [0.15, 0.2) is 0 Å². The van der Waals surface area contributed by atoms with Crippen molar-refractivity contribution < 1.29 is 14.5 Å². The number of rotatable bonds is 5. The van der Waals surface area contributed by atoms with Gasteiger partial charge in [-0.15, -0.1) is 0 Å². The maximum absolute atomic E-state index is 11.8. The number of hydrogen-bond donors (Lipinski definition) is 1. The number of carbonyl (C=O) groups excluding carboxylic acids is 2. The fourth-order valence-electron chi connectivity index (χ4n) is 2.28. The number of non-ortho nitro benzene ring substituents is 1. The highest BCUT2D eigenvalue weighted by atomic mass is 16.6. The largest absolute Gasteiger partial charge is 0.333 e. The lowest BCUT2D eigenvalue weighted by atomic mass is 10.2. The van der Waals surface area contributed by atoms with Gasteiger partial charge in [0.25, 0.3) is 11.6 Å². The second-order valence-corrected chi connectivity index (χ2v) is 5.27. The van der Waals surface area contributed by atoms with Crippen LogP contribution in [-0.2, 0) is 9.59 Å². The maximum atomic E-state index is 11.8. The highest BCUT2D eigenvalue weighted by molar-refractivity contribution is 5.86. The first-order chi connectivity index (χ1) is 11.1. The zero-order chi connectivity index (χ0) is 16.7. The molecule has 2 rings (SSSR count). The van der Waals surface area contributed by atoms with E-state index in [2.05, 4.69) is 10.5 Å². The van der Waals surface area contributed by atoms with E-state index in [4.69, 9.17) is 0 Å². The molecule has 0 aliphatic carbocycles. The average Bonchev–Trinajstić information content (AvgIpc) is 2.73. The number of likely N-dealkylation sites (tertiary alicyclic amines) is 1. The first kappa shape index (κ1) is 16.6. The van der Waals surface area contributed by atoms with E-state index in [0.29, 0.717) is 18.5 Å². The molecular weight excluding hydrogens is 300 g/mol. The summed E-state index contributed by atoms with van der Waals surface area (Å²) in [7, 11) is 0. The van der Waals surface area contributed by atoms with Crippen LogP contribution in [0.15, 0.2) is 29.4 Å². The maximum Gasteiger partial charge on any atom is 0.269 e. The van der Waals surface area contributed by atoms with Gasteiger partial charge in [-0.2, -0.15) is 5.10 Å². The third-order valence-corrected chi connectivity index (χ3v) is 3.51. The van der Waals surface area contributed by atoms with Gasteiger partial charge in [-0.05, 0) is 30.5 Å². The van der Waals surface area contributed by atoms with Gasteiger partial charge in [0.05, 0.1) is 11.1 Å². The predicted octanol–water partition coefficient (Wildman–Crippen LogP) is 1.45. The van der Waals surface area contributed by atoms with Gasteiger partial charge in [0.1, 0.15) is 6.54 Å². The molecule has 1 aliphatic rings. The lowest BCUT2D eigenvalue weighted by molar-refractivity contribution is -0.384. The van der Waals surface area contributed by atoms with Crippen LogP contribution in [0.1, 0.15) is 31.2 Å². The van der Waals surface area contributed by atoms with Gasteiger partial charge >= 0.3 is 0 Å². The smallest absolute Gasteiger partial charge is 0.269 e. The number of nitrogens with one attached hydrogen (secondary N) is 1. The number of benzene rings is 1. The van der Waals surface area contributed by atoms with E-state index in [0.717, 1.165) is 19.3 Å². The van der Waals surface area contributed by atoms with Crippen LogP contribution < -0.4 is 5.43 Å². The first-order valence-electron chi connectivity index (χ1n) is 7.40. The summed E-state index contributed by atoms with van der Waals surface area (Å²) in [5, 5.41) is 14.3. The minimum Gasteiger partial charge on any atom is -0.333 e. The van der Waals surface area contributed by atoms with E-state index in [1.54, 1.807) is 4.90 Å². The highest BCUT2D eigenvalue weighted by Crippen LogP contribution is 2.11. The molecule has 1 aromatic rings. The molecule has 0 saturated carbocycles. The number of nitrogens with zero attached hydrogens (tertiary/aromatic N) is 3. The topological polar surface area (TPSA) is 105 Å². The van der Waals surface area contributed by atoms with E-state index < -0.39 is 4.92 Å². The van der Waals surface area contributed by atoms with Crippen LogP contribution in [0.2, 0.25) is 0 Å². The minimum absolute atomic E-state index is 0.00278. The summed E-state index contributed by atoms with van der Waals surface area (Å²) in [6.45, 7) is 0.592. The normalized spacial score (nSPS) is 15.5. The second-order valence-electron chi connectivity index (χ2n) is 5.27. The number of nitro groups is 1. The molecule has 1 fully saturated rings. The molecule has 1 aliphatic heterocycles. The molecule has 0 spiro atoms. The summed E-state index contributed by atoms with van der Waals surface area (Å²) >= 11 is 0. The third-order valence-electron chi connectivity index (χ3n) is 3.51. The van der Waals surface area contributed by atoms with E-state index in [1.807, 2.05) is 0 Å². The van der Waals surface area contributed by atoms with Gasteiger partial charge in [-0.25, -0.2) is 5.43 Å². The molecule has 1 aromatic carbocycles. The minimum atomic E-state index is -0.485. The highest BCUT2D eigenvalue weighted by Gasteiger charge is 2.18. The molecule has 2 amide bonds. The summed E-state index contributed by atoms with van der Waals surface area (Å²) < 4.78 is 0. The van der Waals surface area contributed by atoms with Gasteiger partial charge in [-0.1, -0.05) is 6.42 Å². The fourth-order valence-corrected chi connectivity index (χ4v) is 2.28. The van der Waals surface area contributed by atoms with E-state index in [-0.39, 0.29) is 24.0 Å². The van der Waals surface area contributed by atoms with Crippen LogP contribution in [0.4, 0.5) is 5.69 Å². The summed E-state index contributed by atoms with van der Waals surface area (Å²) in [5.74, 6) is -0.365. The predicted molar refractivity (Wildman–Crippen MR) is 83.9 cm³/mol. The first-order valence-corrected chi connectivity index (χ1v) is 7.40. The monoisotopic (exact) mass is 318 g/mol. The number of hydrogen-bond acceptors (Lipinski definition) is 5. The average molecular weight is 318 g/mol. The third kappa shape index (κ3) is 5.17. The van der Waals surface area contributed by atoms with Crippen molar-refractivity contribution in [3.63, 3.8) is 0 Å². The summed E-state index contributed by atoms with van der Waals surface area (Å²) in [4.78, 5) is 35.2. The number of carbonyl (C=O) groups is 2. The van der Waals surface area contributed by atoms with Crippen molar-refractivity contribution in [1.29, 1.82) is 0 Å². The molecule has 0 unspecified atom stereocenters. The Morgan fingerprint density at radius 1 is 1.30 bits per heavy atom. The summed E-state index contributed by atoms with van der Waals surface area (Å²) in [6, 6.07) is 5.79. The molecule has 8 nitrogen and oxygen atoms in total. The van der Waals surface area contributed by atoms with Crippen molar-refractivity contribution in [2.45, 2.75) is 25.7 Å². The lowest BCUT2D eigenvalue weighted by Crippen LogP contribution is -2.39. The quantitative estimate of drug-likeness (QED) is 0.504. The molecule has 1 N–H and O–H groups in total. The number of nitro benzene ring substituents is 1. The van der Waals surface area contributed by atoms with E-state index >= 15 is 0 Å². The molecular formula is C15H18N4O4. The van der Waals surface area contributed by atoms with Crippen LogP contribution in [-0.4, -0.2) is 40.9 Å². The Morgan fingerprint density at radius 2 is 2.04 bits per heavy atom. The van der Waals surface area contributed by atoms with Crippen molar-refractivity contribution in [1.82, 2.24) is 10.3 Å². The van der Waals surface area contributed by atoms with Gasteiger partial charge in [0.2, 0.25) is 5.91 Å². The zero-order valence-electron chi connectivity index (χ0n) is 12.6. The van der Waals surface area contributed by atoms with Crippen molar-refractivity contribution in [3.05, 3.63) is 39.9 Å². The van der Waals surface area contributed by atoms with Crippen LogP contribution in [0.3, 0.4) is 0 Å². The van der Waals surface area contributed by atoms with Crippen molar-refractivity contribution in [2.75, 3.05) is 13.1 Å². The Kier molecular flexibility index (Phi) is 5.79. The van der Waals surface area contributed by atoms with Gasteiger partial charge < -0.3 is 4.90 Å². The van der Waals surface area contributed by atoms with Crippen molar-refractivity contribution >= 4 is 23.7 Å². The Morgan fingerprint density at radius 3 is 2.74 bits per heavy atom. The van der Waals surface area contributed by atoms with Crippen LogP contribution >= 0.6 is 0 Å². The Balaban J connectivity index is 1.83. The zero-order valence-corrected chi connectivity index (χ0v) is 12.6. The van der Waals surface area contributed by atoms with Gasteiger partial charge in [-0.3, -0.25) is 19.7 Å². The van der Waals surface area contributed by atoms with Crippen LogP contribution in [0.25, 0.3) is 0 Å².